The Morgan fingerprint density at radius 3 is 2.75 bits per heavy atom. The van der Waals surface area contributed by atoms with Crippen LogP contribution in [0.4, 0.5) is 5.69 Å². The third kappa shape index (κ3) is 9.39. The topological polar surface area (TPSA) is 73.3 Å². The van der Waals surface area contributed by atoms with Gasteiger partial charge in [-0.25, -0.2) is 0 Å². The zero-order valence-corrected chi connectivity index (χ0v) is 17.4. The quantitative estimate of drug-likeness (QED) is 0.323. The molecule has 158 valence electrons. The molecule has 7 nitrogen and oxygen atoms in total. The molecule has 0 radical (unpaired) electrons. The van der Waals surface area contributed by atoms with Gasteiger partial charge in [-0.2, -0.15) is 0 Å². The van der Waals surface area contributed by atoms with Crippen molar-refractivity contribution >= 4 is 11.6 Å². The summed E-state index contributed by atoms with van der Waals surface area (Å²) in [6.07, 6.45) is 3.56. The van der Waals surface area contributed by atoms with Crippen molar-refractivity contribution in [1.82, 2.24) is 5.32 Å². The fourth-order valence-electron chi connectivity index (χ4n) is 2.78. The normalized spacial score (nSPS) is 17.1. The molecule has 0 spiro atoms. The van der Waals surface area contributed by atoms with E-state index < -0.39 is 0 Å². The highest BCUT2D eigenvalue weighted by atomic mass is 16.5. The van der Waals surface area contributed by atoms with E-state index in [9.17, 15) is 0 Å². The van der Waals surface area contributed by atoms with Crippen molar-refractivity contribution in [1.29, 1.82) is 0 Å². The van der Waals surface area contributed by atoms with Crippen LogP contribution in [0.25, 0.3) is 0 Å². The molecule has 0 bridgehead atoms. The van der Waals surface area contributed by atoms with Gasteiger partial charge in [0.05, 0.1) is 25.4 Å². The summed E-state index contributed by atoms with van der Waals surface area (Å²) in [4.78, 5) is 4.63. The number of rotatable bonds is 12. The van der Waals surface area contributed by atoms with Crippen LogP contribution in [-0.4, -0.2) is 64.8 Å². The minimum atomic E-state index is 0.161. The molecule has 1 aromatic rings. The summed E-state index contributed by atoms with van der Waals surface area (Å²) in [6.45, 7) is 8.26. The zero-order chi connectivity index (χ0) is 20.0. The number of aliphatic imine (C=N–C) groups is 1. The van der Waals surface area contributed by atoms with Gasteiger partial charge in [-0.05, 0) is 57.4 Å². The van der Waals surface area contributed by atoms with Crippen LogP contribution >= 0.6 is 0 Å². The van der Waals surface area contributed by atoms with Gasteiger partial charge in [-0.15, -0.1) is 0 Å². The minimum absolute atomic E-state index is 0.161. The zero-order valence-electron chi connectivity index (χ0n) is 17.4. The molecule has 2 N–H and O–H groups in total. The molecule has 1 fully saturated rings. The van der Waals surface area contributed by atoms with Crippen LogP contribution in [-0.2, 0) is 14.2 Å². The highest BCUT2D eigenvalue weighted by molar-refractivity contribution is 5.93. The maximum absolute atomic E-state index is 5.69. The first kappa shape index (κ1) is 22.5. The number of benzene rings is 1. The first-order chi connectivity index (χ1) is 13.7. The molecule has 1 aromatic carbocycles. The molecule has 1 unspecified atom stereocenters. The van der Waals surface area contributed by atoms with E-state index in [-0.39, 0.29) is 12.2 Å². The van der Waals surface area contributed by atoms with Crippen LogP contribution in [0.15, 0.2) is 29.3 Å². The van der Waals surface area contributed by atoms with E-state index in [1.807, 2.05) is 38.1 Å². The van der Waals surface area contributed by atoms with Crippen LogP contribution < -0.4 is 15.4 Å². The van der Waals surface area contributed by atoms with Gasteiger partial charge in [0.1, 0.15) is 5.75 Å². The lowest BCUT2D eigenvalue weighted by Crippen LogP contribution is -2.33. The molecule has 1 heterocycles. The molecule has 0 saturated carbocycles. The lowest BCUT2D eigenvalue weighted by Gasteiger charge is -2.14. The van der Waals surface area contributed by atoms with Gasteiger partial charge in [-0.3, -0.25) is 4.99 Å². The van der Waals surface area contributed by atoms with Crippen LogP contribution in [0.5, 0.6) is 5.75 Å². The second-order valence-electron chi connectivity index (χ2n) is 7.03. The van der Waals surface area contributed by atoms with Crippen molar-refractivity contribution in [3.63, 3.8) is 0 Å². The number of hydrogen-bond donors (Lipinski definition) is 2. The number of guanidine groups is 1. The van der Waals surface area contributed by atoms with Gasteiger partial charge in [0, 0.05) is 39.1 Å². The second kappa shape index (κ2) is 13.4. The molecule has 7 heteroatoms. The van der Waals surface area contributed by atoms with Crippen molar-refractivity contribution in [2.24, 2.45) is 4.99 Å². The molecule has 1 atom stereocenters. The highest BCUT2D eigenvalue weighted by Gasteiger charge is 2.14. The Morgan fingerprint density at radius 1 is 1.25 bits per heavy atom. The highest BCUT2D eigenvalue weighted by Crippen LogP contribution is 2.17. The Morgan fingerprint density at radius 2 is 2.07 bits per heavy atom. The SMILES string of the molecule is COCCNC(=NCCCOCC1CCCO1)Nc1ccc(OC(C)C)cc1. The number of ether oxygens (including phenoxy) is 4. The predicted molar refractivity (Wildman–Crippen MR) is 112 cm³/mol. The summed E-state index contributed by atoms with van der Waals surface area (Å²) in [5.74, 6) is 1.59. The first-order valence-electron chi connectivity index (χ1n) is 10.2. The van der Waals surface area contributed by atoms with Crippen molar-refractivity contribution < 1.29 is 18.9 Å². The average molecular weight is 394 g/mol. The van der Waals surface area contributed by atoms with E-state index in [0.29, 0.717) is 32.9 Å². The Labute approximate surface area is 168 Å². The molecule has 2 rings (SSSR count). The Bertz CT molecular complexity index is 557. The third-order valence-electron chi connectivity index (χ3n) is 4.13. The number of hydrogen-bond acceptors (Lipinski definition) is 5. The smallest absolute Gasteiger partial charge is 0.195 e. The number of anilines is 1. The van der Waals surface area contributed by atoms with Crippen molar-refractivity contribution in [2.75, 3.05) is 51.9 Å². The molecule has 1 saturated heterocycles. The van der Waals surface area contributed by atoms with E-state index in [2.05, 4.69) is 15.6 Å². The number of nitrogens with zero attached hydrogens (tertiary/aromatic N) is 1. The predicted octanol–water partition coefficient (Wildman–Crippen LogP) is 3.06. The second-order valence-corrected chi connectivity index (χ2v) is 7.03. The van der Waals surface area contributed by atoms with Crippen LogP contribution in [0, 0.1) is 0 Å². The third-order valence-corrected chi connectivity index (χ3v) is 4.13. The standard InChI is InChI=1S/C21H35N3O4/c1-17(2)28-19-9-7-18(8-10-19)24-21(23-12-15-25-3)22-11-5-13-26-16-20-6-4-14-27-20/h7-10,17,20H,4-6,11-16H2,1-3H3,(H2,22,23,24). The maximum atomic E-state index is 5.69. The molecule has 0 aliphatic carbocycles. The molecule has 0 aromatic heterocycles. The molecule has 1 aliphatic heterocycles. The Kier molecular flexibility index (Phi) is 10.7. The monoisotopic (exact) mass is 393 g/mol. The van der Waals surface area contributed by atoms with Crippen molar-refractivity contribution in [3.8, 4) is 5.75 Å². The molecular formula is C21H35N3O4. The number of methoxy groups -OCH3 is 1. The van der Waals surface area contributed by atoms with Gasteiger partial charge in [-0.1, -0.05) is 0 Å². The molecule has 1 aliphatic rings. The van der Waals surface area contributed by atoms with E-state index in [1.54, 1.807) is 7.11 Å². The van der Waals surface area contributed by atoms with Crippen LogP contribution in [0.3, 0.4) is 0 Å². The van der Waals surface area contributed by atoms with E-state index in [1.165, 1.54) is 0 Å². The van der Waals surface area contributed by atoms with Gasteiger partial charge in [0.2, 0.25) is 0 Å². The largest absolute Gasteiger partial charge is 0.491 e. The first-order valence-corrected chi connectivity index (χ1v) is 10.2. The van der Waals surface area contributed by atoms with Gasteiger partial charge < -0.3 is 29.6 Å². The fraction of sp³-hybridized carbons (Fsp3) is 0.667. The van der Waals surface area contributed by atoms with E-state index in [4.69, 9.17) is 18.9 Å². The van der Waals surface area contributed by atoms with Crippen LogP contribution in [0.1, 0.15) is 33.1 Å². The van der Waals surface area contributed by atoms with E-state index in [0.717, 1.165) is 43.3 Å². The lowest BCUT2D eigenvalue weighted by atomic mass is 10.2. The minimum Gasteiger partial charge on any atom is -0.491 e. The van der Waals surface area contributed by atoms with Crippen LogP contribution in [0.2, 0.25) is 0 Å². The van der Waals surface area contributed by atoms with Crippen molar-refractivity contribution in [3.05, 3.63) is 24.3 Å². The van der Waals surface area contributed by atoms with Crippen molar-refractivity contribution in [2.45, 2.75) is 45.3 Å². The average Bonchev–Trinajstić information content (AvgIpc) is 3.19. The summed E-state index contributed by atoms with van der Waals surface area (Å²) in [6, 6.07) is 7.87. The lowest BCUT2D eigenvalue weighted by molar-refractivity contribution is 0.0171. The summed E-state index contributed by atoms with van der Waals surface area (Å²) in [5, 5.41) is 6.59. The maximum Gasteiger partial charge on any atom is 0.195 e. The number of nitrogens with one attached hydrogen (secondary N) is 2. The van der Waals surface area contributed by atoms with Gasteiger partial charge in [0.15, 0.2) is 5.96 Å². The van der Waals surface area contributed by atoms with Gasteiger partial charge >= 0.3 is 0 Å². The Hall–Kier alpha value is -1.83. The molecular weight excluding hydrogens is 358 g/mol. The summed E-state index contributed by atoms with van der Waals surface area (Å²) in [7, 11) is 1.69. The fourth-order valence-corrected chi connectivity index (χ4v) is 2.78. The Balaban J connectivity index is 1.76. The van der Waals surface area contributed by atoms with Gasteiger partial charge in [0.25, 0.3) is 0 Å². The van der Waals surface area contributed by atoms with E-state index >= 15 is 0 Å². The summed E-state index contributed by atoms with van der Waals surface area (Å²) >= 11 is 0. The molecule has 0 amide bonds. The molecule has 28 heavy (non-hydrogen) atoms. The summed E-state index contributed by atoms with van der Waals surface area (Å²) < 4.78 is 22.0. The summed E-state index contributed by atoms with van der Waals surface area (Å²) in [5.41, 5.74) is 0.953.